The molecule has 1 aliphatic heterocycles. The summed E-state index contributed by atoms with van der Waals surface area (Å²) in [5.41, 5.74) is -0.0168. The van der Waals surface area contributed by atoms with Crippen molar-refractivity contribution in [1.82, 2.24) is 9.80 Å². The molecule has 1 heterocycles. The highest BCUT2D eigenvalue weighted by atomic mass is 19.1. The van der Waals surface area contributed by atoms with Gasteiger partial charge in [-0.15, -0.1) is 0 Å². The Morgan fingerprint density at radius 3 is 2.80 bits per heavy atom. The van der Waals surface area contributed by atoms with Gasteiger partial charge in [0.25, 0.3) is 5.91 Å². The summed E-state index contributed by atoms with van der Waals surface area (Å²) in [7, 11) is 3.77. The minimum absolute atomic E-state index is 0.224. The fourth-order valence-corrected chi connectivity index (χ4v) is 2.66. The van der Waals surface area contributed by atoms with Crippen molar-refractivity contribution in [1.29, 1.82) is 0 Å². The molecular weight excluding hydrogens is 259 g/mol. The van der Waals surface area contributed by atoms with Crippen LogP contribution in [0.4, 0.5) is 4.39 Å². The zero-order valence-electron chi connectivity index (χ0n) is 12.2. The molecule has 0 spiro atoms. The minimum atomic E-state index is -0.873. The molecular formula is C15H21FN2O2. The molecule has 1 aromatic rings. The molecule has 4 nitrogen and oxygen atoms in total. The van der Waals surface area contributed by atoms with E-state index in [-0.39, 0.29) is 11.7 Å². The van der Waals surface area contributed by atoms with Crippen molar-refractivity contribution in [2.45, 2.75) is 18.9 Å². The fraction of sp³-hybridized carbons (Fsp3) is 0.533. The highest BCUT2D eigenvalue weighted by Crippen LogP contribution is 2.24. The van der Waals surface area contributed by atoms with Gasteiger partial charge in [-0.1, -0.05) is 6.07 Å². The van der Waals surface area contributed by atoms with Crippen molar-refractivity contribution in [3.8, 4) is 0 Å². The summed E-state index contributed by atoms with van der Waals surface area (Å²) in [6.07, 6.45) is 0.547. The van der Waals surface area contributed by atoms with E-state index in [9.17, 15) is 14.3 Å². The third kappa shape index (κ3) is 3.16. The number of aryl methyl sites for hydroxylation is 1. The fourth-order valence-electron chi connectivity index (χ4n) is 2.66. The Hall–Kier alpha value is -1.46. The lowest BCUT2D eigenvalue weighted by molar-refractivity contribution is 0.0236. The highest BCUT2D eigenvalue weighted by molar-refractivity contribution is 5.94. The lowest BCUT2D eigenvalue weighted by Crippen LogP contribution is -2.43. The number of benzene rings is 1. The summed E-state index contributed by atoms with van der Waals surface area (Å²) in [6, 6.07) is 4.50. The zero-order chi connectivity index (χ0) is 14.9. The molecule has 0 saturated carbocycles. The molecule has 0 aromatic heterocycles. The van der Waals surface area contributed by atoms with Crippen LogP contribution in [0.25, 0.3) is 0 Å². The SMILES string of the molecule is Cc1ccc(C(=O)N2CC[C@](O)(CN(C)C)C2)cc1F. The number of nitrogens with zero attached hydrogens (tertiary/aromatic N) is 2. The summed E-state index contributed by atoms with van der Waals surface area (Å²) in [4.78, 5) is 15.8. The Balaban J connectivity index is 2.09. The molecule has 2 rings (SSSR count). The van der Waals surface area contributed by atoms with E-state index in [1.165, 1.54) is 6.07 Å². The first-order chi connectivity index (χ1) is 9.31. The van der Waals surface area contributed by atoms with Crippen LogP contribution in [0, 0.1) is 12.7 Å². The van der Waals surface area contributed by atoms with Gasteiger partial charge in [-0.05, 0) is 45.1 Å². The number of carbonyl (C=O) groups is 1. The van der Waals surface area contributed by atoms with Crippen LogP contribution < -0.4 is 0 Å². The number of aliphatic hydroxyl groups is 1. The van der Waals surface area contributed by atoms with Crippen LogP contribution in [0.3, 0.4) is 0 Å². The number of likely N-dealkylation sites (tertiary alicyclic amines) is 1. The van der Waals surface area contributed by atoms with E-state index in [2.05, 4.69) is 0 Å². The van der Waals surface area contributed by atoms with Crippen LogP contribution in [-0.2, 0) is 0 Å². The third-order valence-electron chi connectivity index (χ3n) is 3.65. The normalized spacial score (nSPS) is 22.6. The Morgan fingerprint density at radius 2 is 2.20 bits per heavy atom. The molecule has 1 amide bonds. The van der Waals surface area contributed by atoms with E-state index in [1.54, 1.807) is 24.0 Å². The van der Waals surface area contributed by atoms with Gasteiger partial charge in [-0.2, -0.15) is 0 Å². The van der Waals surface area contributed by atoms with Gasteiger partial charge in [0.1, 0.15) is 5.82 Å². The summed E-state index contributed by atoms with van der Waals surface area (Å²) in [5.74, 6) is -0.600. The summed E-state index contributed by atoms with van der Waals surface area (Å²) >= 11 is 0. The van der Waals surface area contributed by atoms with E-state index < -0.39 is 5.60 Å². The number of carbonyl (C=O) groups excluding carboxylic acids is 1. The van der Waals surface area contributed by atoms with Crippen molar-refractivity contribution in [3.63, 3.8) is 0 Å². The molecule has 1 atom stereocenters. The predicted octanol–water partition coefficient (Wildman–Crippen LogP) is 1.27. The zero-order valence-corrected chi connectivity index (χ0v) is 12.2. The third-order valence-corrected chi connectivity index (χ3v) is 3.65. The first-order valence-corrected chi connectivity index (χ1v) is 6.73. The van der Waals surface area contributed by atoms with Crippen molar-refractivity contribution < 1.29 is 14.3 Å². The van der Waals surface area contributed by atoms with Crippen LogP contribution in [0.2, 0.25) is 0 Å². The highest BCUT2D eigenvalue weighted by Gasteiger charge is 2.38. The van der Waals surface area contributed by atoms with Crippen molar-refractivity contribution in [2.24, 2.45) is 0 Å². The maximum atomic E-state index is 13.5. The lowest BCUT2D eigenvalue weighted by Gasteiger charge is -2.26. The number of β-amino-alcohol motifs (C(OH)–C–C–N with tert-alkyl or cyclic N) is 1. The van der Waals surface area contributed by atoms with Crippen molar-refractivity contribution in [2.75, 3.05) is 33.7 Å². The number of likely N-dealkylation sites (N-methyl/N-ethyl adjacent to an activating group) is 1. The number of rotatable bonds is 3. The molecule has 0 aliphatic carbocycles. The first kappa shape index (κ1) is 14.9. The maximum absolute atomic E-state index is 13.5. The van der Waals surface area contributed by atoms with Gasteiger partial charge >= 0.3 is 0 Å². The van der Waals surface area contributed by atoms with E-state index in [0.717, 1.165) is 0 Å². The van der Waals surface area contributed by atoms with Gasteiger partial charge < -0.3 is 14.9 Å². The van der Waals surface area contributed by atoms with E-state index in [0.29, 0.717) is 37.2 Å². The molecule has 0 unspecified atom stereocenters. The molecule has 1 fully saturated rings. The number of hydrogen-bond acceptors (Lipinski definition) is 3. The van der Waals surface area contributed by atoms with Crippen LogP contribution in [0.1, 0.15) is 22.3 Å². The van der Waals surface area contributed by atoms with Crippen LogP contribution >= 0.6 is 0 Å². The molecule has 20 heavy (non-hydrogen) atoms. The quantitative estimate of drug-likeness (QED) is 0.907. The average Bonchev–Trinajstić information content (AvgIpc) is 2.73. The topological polar surface area (TPSA) is 43.8 Å². The van der Waals surface area contributed by atoms with Gasteiger partial charge in [0.05, 0.1) is 12.1 Å². The largest absolute Gasteiger partial charge is 0.387 e. The van der Waals surface area contributed by atoms with Crippen LogP contribution in [0.15, 0.2) is 18.2 Å². The molecule has 1 N–H and O–H groups in total. The second-order valence-corrected chi connectivity index (χ2v) is 5.90. The van der Waals surface area contributed by atoms with E-state index >= 15 is 0 Å². The maximum Gasteiger partial charge on any atom is 0.254 e. The molecule has 1 aliphatic rings. The number of amides is 1. The van der Waals surface area contributed by atoms with Gasteiger partial charge in [0, 0.05) is 18.7 Å². The summed E-state index contributed by atoms with van der Waals surface area (Å²) in [6.45, 7) is 2.96. The number of hydrogen-bond donors (Lipinski definition) is 1. The Bertz CT molecular complexity index is 519. The number of halogens is 1. The van der Waals surface area contributed by atoms with Crippen LogP contribution in [-0.4, -0.2) is 60.1 Å². The summed E-state index contributed by atoms with van der Waals surface area (Å²) in [5, 5.41) is 10.4. The second kappa shape index (κ2) is 5.50. The molecule has 1 aromatic carbocycles. The second-order valence-electron chi connectivity index (χ2n) is 5.90. The van der Waals surface area contributed by atoms with Crippen LogP contribution in [0.5, 0.6) is 0 Å². The molecule has 0 bridgehead atoms. The molecule has 0 radical (unpaired) electrons. The van der Waals surface area contributed by atoms with Crippen molar-refractivity contribution >= 4 is 5.91 Å². The predicted molar refractivity (Wildman–Crippen MR) is 75.2 cm³/mol. The standard InChI is InChI=1S/C15H21FN2O2/c1-11-4-5-12(8-13(11)16)14(19)18-7-6-15(20,10-18)9-17(2)3/h4-5,8,20H,6-7,9-10H2,1-3H3/t15-/m0/s1. The van der Waals surface area contributed by atoms with Gasteiger partial charge in [0.15, 0.2) is 0 Å². The Labute approximate surface area is 118 Å². The average molecular weight is 280 g/mol. The summed E-state index contributed by atoms with van der Waals surface area (Å²) < 4.78 is 13.5. The monoisotopic (exact) mass is 280 g/mol. The molecule has 5 heteroatoms. The van der Waals surface area contributed by atoms with Gasteiger partial charge in [-0.3, -0.25) is 4.79 Å². The van der Waals surface area contributed by atoms with E-state index in [1.807, 2.05) is 19.0 Å². The van der Waals surface area contributed by atoms with E-state index in [4.69, 9.17) is 0 Å². The Kier molecular flexibility index (Phi) is 4.11. The van der Waals surface area contributed by atoms with Gasteiger partial charge in [0.2, 0.25) is 0 Å². The van der Waals surface area contributed by atoms with Crippen molar-refractivity contribution in [3.05, 3.63) is 35.1 Å². The lowest BCUT2D eigenvalue weighted by atomic mass is 10.0. The minimum Gasteiger partial charge on any atom is -0.387 e. The first-order valence-electron chi connectivity index (χ1n) is 6.73. The smallest absolute Gasteiger partial charge is 0.254 e. The molecule has 110 valence electrons. The van der Waals surface area contributed by atoms with Gasteiger partial charge in [-0.25, -0.2) is 4.39 Å². The Morgan fingerprint density at radius 1 is 1.50 bits per heavy atom. The molecule has 1 saturated heterocycles.